The zero-order valence-corrected chi connectivity index (χ0v) is 10.2. The van der Waals surface area contributed by atoms with Crippen molar-refractivity contribution in [1.82, 2.24) is 0 Å². The Balaban J connectivity index is 2.63. The van der Waals surface area contributed by atoms with Gasteiger partial charge in [-0.3, -0.25) is 0 Å². The lowest BCUT2D eigenvalue weighted by molar-refractivity contribution is 0.103. The van der Waals surface area contributed by atoms with Gasteiger partial charge in [0.05, 0.1) is 0 Å². The van der Waals surface area contributed by atoms with Gasteiger partial charge in [-0.15, -0.1) is 5.92 Å². The summed E-state index contributed by atoms with van der Waals surface area (Å²) in [7, 11) is 0. The van der Waals surface area contributed by atoms with Crippen LogP contribution < -0.4 is 0 Å². The first-order valence-corrected chi connectivity index (χ1v) is 6.03. The normalized spacial score (nSPS) is 11.6. The molecule has 16 heavy (non-hydrogen) atoms. The molecule has 0 radical (unpaired) electrons. The molecule has 0 bridgehead atoms. The molecule has 0 aliphatic rings. The van der Waals surface area contributed by atoms with Crippen LogP contribution in [0.5, 0.6) is 0 Å². The molecule has 0 spiro atoms. The van der Waals surface area contributed by atoms with Gasteiger partial charge in [0.1, 0.15) is 6.10 Å². The highest BCUT2D eigenvalue weighted by molar-refractivity contribution is 5.25. The van der Waals surface area contributed by atoms with Crippen LogP contribution in [-0.2, 0) is 4.74 Å². The molecule has 0 fully saturated rings. The van der Waals surface area contributed by atoms with Crippen LogP contribution in [0.1, 0.15) is 44.8 Å². The van der Waals surface area contributed by atoms with Gasteiger partial charge in [-0.1, -0.05) is 49.6 Å². The van der Waals surface area contributed by atoms with Crippen LogP contribution in [-0.4, -0.2) is 6.61 Å². The van der Waals surface area contributed by atoms with Gasteiger partial charge in [-0.2, -0.15) is 0 Å². The summed E-state index contributed by atoms with van der Waals surface area (Å²) in [5, 5.41) is 0. The van der Waals surface area contributed by atoms with Crippen molar-refractivity contribution < 1.29 is 4.74 Å². The van der Waals surface area contributed by atoms with Gasteiger partial charge in [0, 0.05) is 13.0 Å². The molecule has 0 saturated heterocycles. The Morgan fingerprint density at radius 2 is 1.94 bits per heavy atom. The number of hydrogen-bond donors (Lipinski definition) is 0. The van der Waals surface area contributed by atoms with Crippen LogP contribution >= 0.6 is 0 Å². The van der Waals surface area contributed by atoms with E-state index >= 15 is 0 Å². The molecule has 0 heterocycles. The quantitative estimate of drug-likeness (QED) is 0.535. The second kappa shape index (κ2) is 7.96. The Morgan fingerprint density at radius 1 is 1.19 bits per heavy atom. The summed E-state index contributed by atoms with van der Waals surface area (Å²) in [6.07, 6.45) is 3.26. The van der Waals surface area contributed by atoms with Gasteiger partial charge in [0.2, 0.25) is 0 Å². The maximum absolute atomic E-state index is 5.63. The zero-order chi connectivity index (χ0) is 11.6. The van der Waals surface area contributed by atoms with Crippen molar-refractivity contribution in [2.45, 2.75) is 39.2 Å². The maximum atomic E-state index is 5.63. The molecule has 1 unspecified atom stereocenters. The van der Waals surface area contributed by atoms with E-state index in [0.717, 1.165) is 12.0 Å². The highest BCUT2D eigenvalue weighted by atomic mass is 16.5. The molecule has 0 saturated carbocycles. The van der Waals surface area contributed by atoms with E-state index in [1.807, 2.05) is 25.1 Å². The van der Waals surface area contributed by atoms with Crippen molar-refractivity contribution in [2.75, 3.05) is 6.61 Å². The fraction of sp³-hybridized carbons (Fsp3) is 0.467. The molecule has 1 atom stereocenters. The summed E-state index contributed by atoms with van der Waals surface area (Å²) in [5.74, 6) is 6.39. The summed E-state index contributed by atoms with van der Waals surface area (Å²) in [5.41, 5.74) is 1.15. The molecule has 1 nitrogen and oxygen atoms in total. The first kappa shape index (κ1) is 12.8. The Bertz CT molecular complexity index is 331. The molecular formula is C15H20O. The van der Waals surface area contributed by atoms with E-state index in [0.29, 0.717) is 6.61 Å². The van der Waals surface area contributed by atoms with E-state index in [1.54, 1.807) is 0 Å². The molecule has 0 aromatic heterocycles. The topological polar surface area (TPSA) is 9.23 Å². The predicted molar refractivity (Wildman–Crippen MR) is 68.1 cm³/mol. The number of benzene rings is 1. The van der Waals surface area contributed by atoms with Crippen molar-refractivity contribution in [3.8, 4) is 11.8 Å². The molecule has 0 aliphatic carbocycles. The van der Waals surface area contributed by atoms with Gasteiger partial charge in [-0.25, -0.2) is 0 Å². The Morgan fingerprint density at radius 3 is 2.56 bits per heavy atom. The summed E-state index contributed by atoms with van der Waals surface area (Å²) >= 11 is 0. The lowest BCUT2D eigenvalue weighted by Crippen LogP contribution is -2.01. The Kier molecular flexibility index (Phi) is 6.37. The molecular weight excluding hydrogens is 196 g/mol. The number of hydrogen-bond acceptors (Lipinski definition) is 1. The summed E-state index contributed by atoms with van der Waals surface area (Å²) < 4.78 is 5.63. The van der Waals surface area contributed by atoms with E-state index in [9.17, 15) is 0 Å². The molecule has 0 N–H and O–H groups in total. The predicted octanol–water partition coefficient (Wildman–Crippen LogP) is 3.96. The third kappa shape index (κ3) is 4.51. The standard InChI is InChI=1S/C15H20O/c1-3-5-6-10-13-15(16-4-2)14-11-8-7-9-12-14/h7-9,11-12,15H,3-6H2,1-2H3. The smallest absolute Gasteiger partial charge is 0.143 e. The van der Waals surface area contributed by atoms with Crippen molar-refractivity contribution in [1.29, 1.82) is 0 Å². The highest BCUT2D eigenvalue weighted by Gasteiger charge is 2.05. The molecule has 1 aromatic carbocycles. The maximum Gasteiger partial charge on any atom is 0.143 e. The fourth-order valence-electron chi connectivity index (χ4n) is 1.45. The second-order valence-electron chi connectivity index (χ2n) is 3.67. The lowest BCUT2D eigenvalue weighted by atomic mass is 10.1. The lowest BCUT2D eigenvalue weighted by Gasteiger charge is -2.10. The Hall–Kier alpha value is -1.26. The van der Waals surface area contributed by atoms with Gasteiger partial charge in [0.25, 0.3) is 0 Å². The van der Waals surface area contributed by atoms with E-state index in [-0.39, 0.29) is 6.10 Å². The number of ether oxygens (including phenoxy) is 1. The van der Waals surface area contributed by atoms with Gasteiger partial charge >= 0.3 is 0 Å². The minimum absolute atomic E-state index is 0.0666. The summed E-state index contributed by atoms with van der Waals surface area (Å²) in [6, 6.07) is 10.2. The average Bonchev–Trinajstić information content (AvgIpc) is 2.34. The first-order valence-electron chi connectivity index (χ1n) is 6.03. The van der Waals surface area contributed by atoms with Crippen LogP contribution in [0, 0.1) is 11.8 Å². The van der Waals surface area contributed by atoms with Crippen LogP contribution in [0.15, 0.2) is 30.3 Å². The van der Waals surface area contributed by atoms with Crippen LogP contribution in [0.4, 0.5) is 0 Å². The molecule has 1 heteroatoms. The minimum atomic E-state index is -0.0666. The molecule has 1 aromatic rings. The monoisotopic (exact) mass is 216 g/mol. The van der Waals surface area contributed by atoms with Crippen LogP contribution in [0.3, 0.4) is 0 Å². The molecule has 0 aliphatic heterocycles. The van der Waals surface area contributed by atoms with Gasteiger partial charge < -0.3 is 4.74 Å². The molecule has 86 valence electrons. The largest absolute Gasteiger partial charge is 0.361 e. The second-order valence-corrected chi connectivity index (χ2v) is 3.67. The van der Waals surface area contributed by atoms with E-state index in [2.05, 4.69) is 30.9 Å². The fourth-order valence-corrected chi connectivity index (χ4v) is 1.45. The van der Waals surface area contributed by atoms with Crippen molar-refractivity contribution >= 4 is 0 Å². The average molecular weight is 216 g/mol. The number of unbranched alkanes of at least 4 members (excludes halogenated alkanes) is 2. The molecule has 1 rings (SSSR count). The zero-order valence-electron chi connectivity index (χ0n) is 10.2. The van der Waals surface area contributed by atoms with Crippen molar-refractivity contribution in [2.24, 2.45) is 0 Å². The van der Waals surface area contributed by atoms with Crippen molar-refractivity contribution in [3.63, 3.8) is 0 Å². The Labute approximate surface area is 98.8 Å². The van der Waals surface area contributed by atoms with E-state index in [1.165, 1.54) is 12.8 Å². The third-order valence-electron chi connectivity index (χ3n) is 2.32. The minimum Gasteiger partial charge on any atom is -0.361 e. The van der Waals surface area contributed by atoms with Gasteiger partial charge in [0.15, 0.2) is 0 Å². The van der Waals surface area contributed by atoms with E-state index < -0.39 is 0 Å². The van der Waals surface area contributed by atoms with E-state index in [4.69, 9.17) is 4.74 Å². The summed E-state index contributed by atoms with van der Waals surface area (Å²) in [4.78, 5) is 0. The summed E-state index contributed by atoms with van der Waals surface area (Å²) in [6.45, 7) is 4.88. The van der Waals surface area contributed by atoms with Gasteiger partial charge in [-0.05, 0) is 18.9 Å². The SMILES string of the molecule is CCCCC#CC(OCC)c1ccccc1. The highest BCUT2D eigenvalue weighted by Crippen LogP contribution is 2.15. The third-order valence-corrected chi connectivity index (χ3v) is 2.32. The van der Waals surface area contributed by atoms with Crippen molar-refractivity contribution in [3.05, 3.63) is 35.9 Å². The van der Waals surface area contributed by atoms with Crippen LogP contribution in [0.2, 0.25) is 0 Å². The number of rotatable bonds is 5. The first-order chi connectivity index (χ1) is 7.88. The van der Waals surface area contributed by atoms with Crippen LogP contribution in [0.25, 0.3) is 0 Å². The molecule has 0 amide bonds.